The number of carbonyl (C=O) groups excluding carboxylic acids is 1. The summed E-state index contributed by atoms with van der Waals surface area (Å²) in [6, 6.07) is 5.39. The van der Waals surface area contributed by atoms with Crippen molar-refractivity contribution in [1.29, 1.82) is 0 Å². The van der Waals surface area contributed by atoms with E-state index in [9.17, 15) is 13.2 Å². The molecule has 5 nitrogen and oxygen atoms in total. The smallest absolute Gasteiger partial charge is 0.338 e. The summed E-state index contributed by atoms with van der Waals surface area (Å²) < 4.78 is 30.7. The van der Waals surface area contributed by atoms with Crippen LogP contribution in [-0.2, 0) is 14.8 Å². The minimum atomic E-state index is -3.75. The fraction of sp³-hybridized carbons (Fsp3) is 0.154. The molecule has 0 heterocycles. The van der Waals surface area contributed by atoms with E-state index in [0.29, 0.717) is 0 Å². The van der Waals surface area contributed by atoms with Crippen molar-refractivity contribution in [3.63, 3.8) is 0 Å². The third kappa shape index (κ3) is 4.70. The van der Waals surface area contributed by atoms with Gasteiger partial charge in [-0.25, -0.2) is 13.2 Å². The van der Waals surface area contributed by atoms with Crippen molar-refractivity contribution in [2.75, 3.05) is 13.2 Å². The van der Waals surface area contributed by atoms with Gasteiger partial charge in [0.2, 0.25) is 10.0 Å². The number of halogens is 1. The maximum absolute atomic E-state index is 11.8. The number of nitrogens with one attached hydrogen (secondary N) is 1. The van der Waals surface area contributed by atoms with Gasteiger partial charge in [0.05, 0.1) is 17.0 Å². The van der Waals surface area contributed by atoms with Gasteiger partial charge in [0, 0.05) is 5.03 Å². The largest absolute Gasteiger partial charge is 0.456 e. The van der Waals surface area contributed by atoms with Crippen molar-refractivity contribution < 1.29 is 17.9 Å². The Balaban J connectivity index is 2.94. The van der Waals surface area contributed by atoms with Gasteiger partial charge in [-0.3, -0.25) is 0 Å². The molecule has 20 heavy (non-hydrogen) atoms. The molecule has 0 fully saturated rings. The lowest BCUT2D eigenvalue weighted by Gasteiger charge is -2.07. The molecule has 1 N–H and O–H groups in total. The molecule has 0 amide bonds. The standard InChI is InChI=1S/C13H12ClNO4S/c1-3-7-15-20(17,18)12-6-4-5-11(8-12)13(16)19-9-10(2)14/h1,4-6,8,15H,2,7,9H2. The zero-order chi connectivity index (χ0) is 15.2. The van der Waals surface area contributed by atoms with Gasteiger partial charge < -0.3 is 4.74 Å². The number of terminal acetylenes is 1. The minimum absolute atomic E-state index is 0.0769. The number of hydrogen-bond acceptors (Lipinski definition) is 4. The summed E-state index contributed by atoms with van der Waals surface area (Å²) in [6.45, 7) is 3.09. The molecule has 0 aliphatic carbocycles. The second-order valence-electron chi connectivity index (χ2n) is 3.65. The summed E-state index contributed by atoms with van der Waals surface area (Å²) in [7, 11) is -3.75. The topological polar surface area (TPSA) is 72.5 Å². The average Bonchev–Trinajstić information content (AvgIpc) is 2.42. The van der Waals surface area contributed by atoms with Crippen molar-refractivity contribution in [3.05, 3.63) is 41.4 Å². The molecule has 0 aliphatic heterocycles. The fourth-order valence-corrected chi connectivity index (χ4v) is 2.27. The quantitative estimate of drug-likeness (QED) is 0.638. The van der Waals surface area contributed by atoms with Crippen LogP contribution in [0.1, 0.15) is 10.4 Å². The Morgan fingerprint density at radius 3 is 2.80 bits per heavy atom. The number of hydrogen-bond donors (Lipinski definition) is 1. The third-order valence-corrected chi connectivity index (χ3v) is 3.61. The Labute approximate surface area is 122 Å². The van der Waals surface area contributed by atoms with Crippen LogP contribution in [-0.4, -0.2) is 27.5 Å². The summed E-state index contributed by atoms with van der Waals surface area (Å²) in [5.41, 5.74) is 0.0894. The Bertz CT molecular complexity index is 661. The molecular formula is C13H12ClNO4S. The maximum Gasteiger partial charge on any atom is 0.338 e. The zero-order valence-electron chi connectivity index (χ0n) is 10.4. The van der Waals surface area contributed by atoms with E-state index in [-0.39, 0.29) is 28.6 Å². The fourth-order valence-electron chi connectivity index (χ4n) is 1.24. The second-order valence-corrected chi connectivity index (χ2v) is 5.95. The van der Waals surface area contributed by atoms with Crippen molar-refractivity contribution >= 4 is 27.6 Å². The second kappa shape index (κ2) is 7.10. The van der Waals surface area contributed by atoms with Crippen LogP contribution < -0.4 is 4.72 Å². The van der Waals surface area contributed by atoms with Crippen molar-refractivity contribution in [3.8, 4) is 12.3 Å². The highest BCUT2D eigenvalue weighted by Gasteiger charge is 2.16. The molecule has 0 bridgehead atoms. The molecule has 7 heteroatoms. The molecule has 106 valence electrons. The maximum atomic E-state index is 11.8. The summed E-state index contributed by atoms with van der Waals surface area (Å²) in [5.74, 6) is 1.46. The molecule has 0 saturated heterocycles. The van der Waals surface area contributed by atoms with Crippen LogP contribution >= 0.6 is 11.6 Å². The number of benzene rings is 1. The average molecular weight is 314 g/mol. The molecule has 0 spiro atoms. The van der Waals surface area contributed by atoms with E-state index in [2.05, 4.69) is 17.2 Å². The molecule has 1 rings (SSSR count). The van der Waals surface area contributed by atoms with E-state index >= 15 is 0 Å². The summed E-state index contributed by atoms with van der Waals surface area (Å²) in [4.78, 5) is 11.6. The number of esters is 1. The first-order valence-electron chi connectivity index (χ1n) is 5.40. The van der Waals surface area contributed by atoms with Gasteiger partial charge in [-0.05, 0) is 18.2 Å². The Kier molecular flexibility index (Phi) is 5.77. The van der Waals surface area contributed by atoms with Crippen LogP contribution in [0.15, 0.2) is 40.8 Å². The first-order chi connectivity index (χ1) is 9.36. The zero-order valence-corrected chi connectivity index (χ0v) is 12.0. The van der Waals surface area contributed by atoms with E-state index in [1.165, 1.54) is 24.3 Å². The van der Waals surface area contributed by atoms with Gasteiger partial charge in [-0.2, -0.15) is 4.72 Å². The van der Waals surface area contributed by atoms with Gasteiger partial charge in [0.15, 0.2) is 0 Å². The monoisotopic (exact) mass is 313 g/mol. The Hall–Kier alpha value is -1.81. The lowest BCUT2D eigenvalue weighted by Crippen LogP contribution is -2.24. The van der Waals surface area contributed by atoms with Crippen LogP contribution in [0, 0.1) is 12.3 Å². The number of carbonyl (C=O) groups is 1. The molecule has 0 aromatic heterocycles. The van der Waals surface area contributed by atoms with Crippen LogP contribution in [0.5, 0.6) is 0 Å². The van der Waals surface area contributed by atoms with Crippen LogP contribution in [0.4, 0.5) is 0 Å². The van der Waals surface area contributed by atoms with Gasteiger partial charge in [0.25, 0.3) is 0 Å². The van der Waals surface area contributed by atoms with Crippen LogP contribution in [0.2, 0.25) is 0 Å². The summed E-state index contributed by atoms with van der Waals surface area (Å²) >= 11 is 5.47. The molecular weight excluding hydrogens is 302 g/mol. The normalized spacial score (nSPS) is 10.6. The molecule has 1 aromatic rings. The number of sulfonamides is 1. The molecule has 0 aliphatic rings. The lowest BCUT2D eigenvalue weighted by atomic mass is 10.2. The predicted molar refractivity (Wildman–Crippen MR) is 75.7 cm³/mol. The molecule has 0 atom stereocenters. The number of ether oxygens (including phenoxy) is 1. The van der Waals surface area contributed by atoms with Crippen LogP contribution in [0.25, 0.3) is 0 Å². The Morgan fingerprint density at radius 2 is 2.20 bits per heavy atom. The Morgan fingerprint density at radius 1 is 1.50 bits per heavy atom. The SMILES string of the molecule is C#CCNS(=O)(=O)c1cccc(C(=O)OCC(=C)Cl)c1. The van der Waals surface area contributed by atoms with E-state index in [1.807, 2.05) is 0 Å². The van der Waals surface area contributed by atoms with Gasteiger partial charge >= 0.3 is 5.97 Å². The van der Waals surface area contributed by atoms with Crippen molar-refractivity contribution in [1.82, 2.24) is 4.72 Å². The molecule has 0 radical (unpaired) electrons. The highest BCUT2D eigenvalue weighted by atomic mass is 35.5. The first kappa shape index (κ1) is 16.2. The highest BCUT2D eigenvalue weighted by Crippen LogP contribution is 2.13. The highest BCUT2D eigenvalue weighted by molar-refractivity contribution is 7.89. The van der Waals surface area contributed by atoms with Crippen molar-refractivity contribution in [2.45, 2.75) is 4.90 Å². The van der Waals surface area contributed by atoms with E-state index in [4.69, 9.17) is 22.8 Å². The number of rotatable bonds is 6. The van der Waals surface area contributed by atoms with Crippen molar-refractivity contribution in [2.24, 2.45) is 0 Å². The van der Waals surface area contributed by atoms with E-state index in [0.717, 1.165) is 0 Å². The van der Waals surface area contributed by atoms with Gasteiger partial charge in [-0.15, -0.1) is 6.42 Å². The van der Waals surface area contributed by atoms with E-state index in [1.54, 1.807) is 0 Å². The summed E-state index contributed by atoms with van der Waals surface area (Å²) in [6.07, 6.45) is 4.99. The van der Waals surface area contributed by atoms with Crippen LogP contribution in [0.3, 0.4) is 0 Å². The van der Waals surface area contributed by atoms with Gasteiger partial charge in [-0.1, -0.05) is 30.2 Å². The minimum Gasteiger partial charge on any atom is -0.456 e. The summed E-state index contributed by atoms with van der Waals surface area (Å²) in [5, 5.41) is 0.165. The molecule has 0 unspecified atom stereocenters. The van der Waals surface area contributed by atoms with Gasteiger partial charge in [0.1, 0.15) is 6.61 Å². The van der Waals surface area contributed by atoms with E-state index < -0.39 is 16.0 Å². The lowest BCUT2D eigenvalue weighted by molar-refractivity contribution is 0.0546. The third-order valence-electron chi connectivity index (χ3n) is 2.10. The molecule has 0 saturated carbocycles. The first-order valence-corrected chi connectivity index (χ1v) is 7.26. The molecule has 1 aromatic carbocycles. The predicted octanol–water partition coefficient (Wildman–Crippen LogP) is 1.51.